The van der Waals surface area contributed by atoms with Gasteiger partial charge in [-0.3, -0.25) is 0 Å². The third kappa shape index (κ3) is 1.74. The molecule has 3 heteroatoms. The second-order valence-corrected chi connectivity index (χ2v) is 4.38. The maximum atomic E-state index is 3.56. The first-order valence-electron chi connectivity index (χ1n) is 3.53. The molecule has 0 N–H and O–H groups in total. The fourth-order valence-electron chi connectivity index (χ4n) is 1.41. The topological polar surface area (TPSA) is 3.24 Å². The van der Waals surface area contributed by atoms with Gasteiger partial charge < -0.3 is 4.90 Å². The largest absolute Gasteiger partial charge is 0.306 e. The van der Waals surface area contributed by atoms with Crippen molar-refractivity contribution in [2.75, 3.05) is 30.8 Å². The first kappa shape index (κ1) is 9.01. The predicted molar refractivity (Wildman–Crippen MR) is 52.1 cm³/mol. The van der Waals surface area contributed by atoms with E-state index in [9.17, 15) is 0 Å². The Morgan fingerprint density at radius 1 is 1.40 bits per heavy atom. The summed E-state index contributed by atoms with van der Waals surface area (Å²) < 4.78 is 0. The van der Waals surface area contributed by atoms with Gasteiger partial charge in [-0.2, -0.15) is 0 Å². The fraction of sp³-hybridized carbons (Fsp3) is 1.00. The molecule has 0 unspecified atom stereocenters. The Labute approximate surface area is 79.4 Å². The summed E-state index contributed by atoms with van der Waals surface area (Å²) in [5.41, 5.74) is 0.509. The molecule has 0 spiro atoms. The molecule has 1 saturated heterocycles. The average Bonchev–Trinajstić information content (AvgIpc) is 2.33. The van der Waals surface area contributed by atoms with Crippen LogP contribution in [0.15, 0.2) is 0 Å². The highest BCUT2D eigenvalue weighted by molar-refractivity contribution is 9.09. The minimum atomic E-state index is 0.509. The Kier molecular flexibility index (Phi) is 3.20. The van der Waals surface area contributed by atoms with Crippen LogP contribution in [0.4, 0.5) is 0 Å². The van der Waals surface area contributed by atoms with Crippen LogP contribution in [-0.4, -0.2) is 35.7 Å². The van der Waals surface area contributed by atoms with Gasteiger partial charge in [0.1, 0.15) is 0 Å². The van der Waals surface area contributed by atoms with E-state index in [0.717, 1.165) is 10.7 Å². The van der Waals surface area contributed by atoms with Gasteiger partial charge in [0, 0.05) is 22.6 Å². The van der Waals surface area contributed by atoms with E-state index in [-0.39, 0.29) is 0 Å². The van der Waals surface area contributed by atoms with Gasteiger partial charge in [0.15, 0.2) is 0 Å². The Hall–Kier alpha value is 0.920. The lowest BCUT2D eigenvalue weighted by molar-refractivity contribution is 0.350. The second-order valence-electron chi connectivity index (χ2n) is 3.26. The molecule has 0 saturated carbocycles. The van der Waals surface area contributed by atoms with Crippen molar-refractivity contribution >= 4 is 31.9 Å². The fourth-order valence-corrected chi connectivity index (χ4v) is 3.26. The Morgan fingerprint density at radius 3 is 2.20 bits per heavy atom. The van der Waals surface area contributed by atoms with Crippen LogP contribution in [-0.2, 0) is 0 Å². The van der Waals surface area contributed by atoms with E-state index in [1.54, 1.807) is 0 Å². The minimum Gasteiger partial charge on any atom is -0.306 e. The third-order valence-corrected chi connectivity index (χ3v) is 4.58. The van der Waals surface area contributed by atoms with Crippen molar-refractivity contribution < 1.29 is 0 Å². The lowest BCUT2D eigenvalue weighted by Crippen LogP contribution is -2.28. The Bertz CT molecular complexity index is 112. The lowest BCUT2D eigenvalue weighted by atomic mass is 9.93. The molecule has 0 aromatic carbocycles. The SMILES string of the molecule is CN1CCC(CBr)(CBr)C1. The van der Waals surface area contributed by atoms with Gasteiger partial charge in [-0.15, -0.1) is 0 Å². The highest BCUT2D eigenvalue weighted by Crippen LogP contribution is 2.33. The lowest BCUT2D eigenvalue weighted by Gasteiger charge is -2.23. The Morgan fingerprint density at radius 2 is 2.00 bits per heavy atom. The molecular formula is C7H13Br2N. The zero-order valence-corrected chi connectivity index (χ0v) is 9.41. The van der Waals surface area contributed by atoms with Gasteiger partial charge in [0.25, 0.3) is 0 Å². The van der Waals surface area contributed by atoms with Gasteiger partial charge in [0.05, 0.1) is 0 Å². The van der Waals surface area contributed by atoms with Crippen LogP contribution < -0.4 is 0 Å². The highest BCUT2D eigenvalue weighted by Gasteiger charge is 2.34. The van der Waals surface area contributed by atoms with E-state index in [1.165, 1.54) is 19.5 Å². The molecule has 60 valence electrons. The van der Waals surface area contributed by atoms with Crippen molar-refractivity contribution in [2.24, 2.45) is 5.41 Å². The van der Waals surface area contributed by atoms with Crippen LogP contribution in [0.2, 0.25) is 0 Å². The smallest absolute Gasteiger partial charge is 0.0109 e. The van der Waals surface area contributed by atoms with Crippen LogP contribution in [0.5, 0.6) is 0 Å². The summed E-state index contributed by atoms with van der Waals surface area (Å²) in [5, 5.41) is 2.24. The van der Waals surface area contributed by atoms with Crippen LogP contribution in [0.3, 0.4) is 0 Å². The maximum Gasteiger partial charge on any atom is 0.0109 e. The first-order chi connectivity index (χ1) is 4.72. The van der Waals surface area contributed by atoms with Gasteiger partial charge in [0.2, 0.25) is 0 Å². The van der Waals surface area contributed by atoms with Crippen molar-refractivity contribution in [3.8, 4) is 0 Å². The summed E-state index contributed by atoms with van der Waals surface area (Å²) in [6.07, 6.45) is 1.32. The van der Waals surface area contributed by atoms with E-state index < -0.39 is 0 Å². The minimum absolute atomic E-state index is 0.509. The van der Waals surface area contributed by atoms with Gasteiger partial charge in [-0.1, -0.05) is 31.9 Å². The van der Waals surface area contributed by atoms with E-state index in [0.29, 0.717) is 5.41 Å². The number of alkyl halides is 2. The number of nitrogens with zero attached hydrogens (tertiary/aromatic N) is 1. The molecule has 1 aliphatic heterocycles. The van der Waals surface area contributed by atoms with Crippen molar-refractivity contribution in [1.29, 1.82) is 0 Å². The molecular weight excluding hydrogens is 258 g/mol. The molecule has 0 aliphatic carbocycles. The number of hydrogen-bond acceptors (Lipinski definition) is 1. The summed E-state index contributed by atoms with van der Waals surface area (Å²) in [6, 6.07) is 0. The number of rotatable bonds is 2. The third-order valence-electron chi connectivity index (χ3n) is 2.20. The molecule has 1 nitrogen and oxygen atoms in total. The van der Waals surface area contributed by atoms with E-state index >= 15 is 0 Å². The molecule has 10 heavy (non-hydrogen) atoms. The summed E-state index contributed by atoms with van der Waals surface area (Å²) in [5.74, 6) is 0. The highest BCUT2D eigenvalue weighted by atomic mass is 79.9. The monoisotopic (exact) mass is 269 g/mol. The number of halogens is 2. The van der Waals surface area contributed by atoms with Gasteiger partial charge >= 0.3 is 0 Å². The second kappa shape index (κ2) is 3.55. The number of likely N-dealkylation sites (tertiary alicyclic amines) is 1. The molecule has 0 radical (unpaired) electrons. The molecule has 0 atom stereocenters. The predicted octanol–water partition coefficient (Wildman–Crippen LogP) is 2.10. The van der Waals surface area contributed by atoms with Crippen LogP contribution in [0.25, 0.3) is 0 Å². The maximum absolute atomic E-state index is 3.56. The average molecular weight is 271 g/mol. The Balaban J connectivity index is 2.51. The standard InChI is InChI=1S/C7H13Br2N/c1-10-3-2-7(4-8,5-9)6-10/h2-6H2,1H3. The van der Waals surface area contributed by atoms with Gasteiger partial charge in [-0.05, 0) is 20.0 Å². The van der Waals surface area contributed by atoms with Crippen LogP contribution >= 0.6 is 31.9 Å². The summed E-state index contributed by atoms with van der Waals surface area (Å²) in [6.45, 7) is 2.47. The quantitative estimate of drug-likeness (QED) is 0.695. The molecule has 0 bridgehead atoms. The van der Waals surface area contributed by atoms with Crippen LogP contribution in [0.1, 0.15) is 6.42 Å². The van der Waals surface area contributed by atoms with E-state index in [4.69, 9.17) is 0 Å². The number of hydrogen-bond donors (Lipinski definition) is 0. The molecule has 0 amide bonds. The van der Waals surface area contributed by atoms with E-state index in [1.807, 2.05) is 0 Å². The van der Waals surface area contributed by atoms with Crippen molar-refractivity contribution in [3.05, 3.63) is 0 Å². The molecule has 0 aromatic heterocycles. The molecule has 1 aliphatic rings. The normalized spacial score (nSPS) is 25.5. The first-order valence-corrected chi connectivity index (χ1v) is 5.77. The van der Waals surface area contributed by atoms with Crippen molar-refractivity contribution in [1.82, 2.24) is 4.90 Å². The summed E-state index contributed by atoms with van der Waals surface area (Å²) in [4.78, 5) is 2.39. The molecule has 0 aromatic rings. The van der Waals surface area contributed by atoms with Crippen molar-refractivity contribution in [2.45, 2.75) is 6.42 Å². The summed E-state index contributed by atoms with van der Waals surface area (Å²) in [7, 11) is 2.19. The van der Waals surface area contributed by atoms with Gasteiger partial charge in [-0.25, -0.2) is 0 Å². The summed E-state index contributed by atoms with van der Waals surface area (Å²) >= 11 is 7.13. The molecule has 1 rings (SSSR count). The molecule has 1 heterocycles. The van der Waals surface area contributed by atoms with Crippen molar-refractivity contribution in [3.63, 3.8) is 0 Å². The zero-order chi connectivity index (χ0) is 7.61. The molecule has 1 fully saturated rings. The zero-order valence-electron chi connectivity index (χ0n) is 6.24. The van der Waals surface area contributed by atoms with E-state index in [2.05, 4.69) is 43.8 Å². The van der Waals surface area contributed by atoms with Crippen LogP contribution in [0, 0.1) is 5.41 Å².